The van der Waals surface area contributed by atoms with Crippen LogP contribution in [-0.4, -0.2) is 38.2 Å². The zero-order valence-corrected chi connectivity index (χ0v) is 18.2. The Morgan fingerprint density at radius 3 is 2.47 bits per heavy atom. The fourth-order valence-electron chi connectivity index (χ4n) is 3.94. The first-order valence-corrected chi connectivity index (χ1v) is 10.9. The van der Waals surface area contributed by atoms with Crippen molar-refractivity contribution in [1.82, 2.24) is 4.90 Å². The van der Waals surface area contributed by atoms with Gasteiger partial charge in [0, 0.05) is 17.0 Å². The lowest BCUT2D eigenvalue weighted by atomic mass is 9.90. The number of amides is 1. The molecule has 1 aliphatic rings. The molecule has 1 aromatic heterocycles. The van der Waals surface area contributed by atoms with Crippen molar-refractivity contribution in [2.24, 2.45) is 0 Å². The van der Waals surface area contributed by atoms with Crippen LogP contribution < -0.4 is 14.2 Å². The first-order chi connectivity index (χ1) is 14.7. The summed E-state index contributed by atoms with van der Waals surface area (Å²) in [4.78, 5) is 16.6. The average Bonchev–Trinajstić information content (AvgIpc) is 3.32. The zero-order valence-electron chi connectivity index (χ0n) is 17.4. The largest absolute Gasteiger partial charge is 0.494 e. The van der Waals surface area contributed by atoms with E-state index in [2.05, 4.69) is 6.07 Å². The molecular formula is C24H25NO4S. The highest BCUT2D eigenvalue weighted by atomic mass is 32.1. The molecule has 3 aromatic rings. The number of thiophene rings is 1. The lowest BCUT2D eigenvalue weighted by Gasteiger charge is -2.37. The molecule has 1 aliphatic heterocycles. The van der Waals surface area contributed by atoms with Crippen molar-refractivity contribution >= 4 is 17.2 Å². The Morgan fingerprint density at radius 1 is 1.10 bits per heavy atom. The number of benzene rings is 2. The Balaban J connectivity index is 1.74. The Kier molecular flexibility index (Phi) is 5.95. The summed E-state index contributed by atoms with van der Waals surface area (Å²) >= 11 is 1.66. The first-order valence-electron chi connectivity index (χ1n) is 9.98. The van der Waals surface area contributed by atoms with Gasteiger partial charge in [-0.3, -0.25) is 4.79 Å². The summed E-state index contributed by atoms with van der Waals surface area (Å²) in [6.07, 6.45) is 0.764. The summed E-state index contributed by atoms with van der Waals surface area (Å²) in [5.41, 5.74) is 2.92. The predicted molar refractivity (Wildman–Crippen MR) is 118 cm³/mol. The maximum Gasteiger partial charge on any atom is 0.254 e. The van der Waals surface area contributed by atoms with Gasteiger partial charge in [0.15, 0.2) is 11.5 Å². The molecule has 6 heteroatoms. The average molecular weight is 424 g/mol. The fourth-order valence-corrected chi connectivity index (χ4v) is 4.80. The molecule has 4 rings (SSSR count). The molecule has 1 atom stereocenters. The van der Waals surface area contributed by atoms with Crippen molar-refractivity contribution in [1.29, 1.82) is 0 Å². The number of methoxy groups -OCH3 is 2. The second-order valence-electron chi connectivity index (χ2n) is 7.03. The van der Waals surface area contributed by atoms with E-state index in [1.165, 1.54) is 5.56 Å². The number of ether oxygens (including phenoxy) is 3. The van der Waals surface area contributed by atoms with E-state index >= 15 is 0 Å². The third-order valence-corrected chi connectivity index (χ3v) is 6.28. The van der Waals surface area contributed by atoms with E-state index < -0.39 is 0 Å². The van der Waals surface area contributed by atoms with Crippen molar-refractivity contribution in [3.05, 3.63) is 75.5 Å². The molecule has 1 amide bonds. The molecule has 2 heterocycles. The summed E-state index contributed by atoms with van der Waals surface area (Å²) < 4.78 is 16.5. The van der Waals surface area contributed by atoms with Gasteiger partial charge < -0.3 is 19.1 Å². The van der Waals surface area contributed by atoms with Crippen LogP contribution in [0.15, 0.2) is 53.9 Å². The minimum absolute atomic E-state index is 0.0110. The van der Waals surface area contributed by atoms with Crippen molar-refractivity contribution in [3.8, 4) is 17.2 Å². The van der Waals surface area contributed by atoms with E-state index in [0.29, 0.717) is 30.2 Å². The normalized spacial score (nSPS) is 15.4. The standard InChI is InChI=1S/C24H25NO4S/c1-4-29-18-9-7-16(8-10-18)24(26)25-12-11-17-14-20(27-2)21(28-3)15-19(17)23(25)22-6-5-13-30-22/h5-10,13-15,23H,4,11-12H2,1-3H3/t23-/m0/s1. The Morgan fingerprint density at radius 2 is 1.83 bits per heavy atom. The summed E-state index contributed by atoms with van der Waals surface area (Å²) in [5.74, 6) is 2.17. The summed E-state index contributed by atoms with van der Waals surface area (Å²) in [6.45, 7) is 3.18. The number of carbonyl (C=O) groups excluding carboxylic acids is 1. The molecule has 30 heavy (non-hydrogen) atoms. The van der Waals surface area contributed by atoms with E-state index in [4.69, 9.17) is 14.2 Å². The van der Waals surface area contributed by atoms with Crippen molar-refractivity contribution in [2.45, 2.75) is 19.4 Å². The summed E-state index contributed by atoms with van der Waals surface area (Å²) in [5, 5.41) is 2.05. The molecule has 0 aliphatic carbocycles. The molecule has 0 bridgehead atoms. The maximum atomic E-state index is 13.5. The third-order valence-electron chi connectivity index (χ3n) is 5.36. The van der Waals surface area contributed by atoms with E-state index in [-0.39, 0.29) is 11.9 Å². The molecular weight excluding hydrogens is 398 g/mol. The van der Waals surface area contributed by atoms with Crippen molar-refractivity contribution in [2.75, 3.05) is 27.4 Å². The van der Waals surface area contributed by atoms with Crippen molar-refractivity contribution < 1.29 is 19.0 Å². The minimum Gasteiger partial charge on any atom is -0.494 e. The van der Waals surface area contributed by atoms with Gasteiger partial charge in [0.2, 0.25) is 0 Å². The molecule has 5 nitrogen and oxygen atoms in total. The molecule has 0 radical (unpaired) electrons. The van der Waals surface area contributed by atoms with Crippen LogP contribution in [0.4, 0.5) is 0 Å². The second kappa shape index (κ2) is 8.79. The van der Waals surface area contributed by atoms with Crippen LogP contribution in [0, 0.1) is 0 Å². The van der Waals surface area contributed by atoms with Crippen LogP contribution in [0.5, 0.6) is 17.2 Å². The quantitative estimate of drug-likeness (QED) is 0.563. The summed E-state index contributed by atoms with van der Waals surface area (Å²) in [6, 6.07) is 15.4. The van der Waals surface area contributed by atoms with Gasteiger partial charge in [-0.1, -0.05) is 6.07 Å². The van der Waals surface area contributed by atoms with Crippen LogP contribution in [-0.2, 0) is 6.42 Å². The minimum atomic E-state index is -0.160. The van der Waals surface area contributed by atoms with Crippen molar-refractivity contribution in [3.63, 3.8) is 0 Å². The lowest BCUT2D eigenvalue weighted by Crippen LogP contribution is -2.40. The van der Waals surface area contributed by atoms with Crippen LogP contribution in [0.25, 0.3) is 0 Å². The third kappa shape index (κ3) is 3.75. The van der Waals surface area contributed by atoms with Gasteiger partial charge in [0.25, 0.3) is 5.91 Å². The monoisotopic (exact) mass is 423 g/mol. The van der Waals surface area contributed by atoms with E-state index in [0.717, 1.165) is 22.6 Å². The number of fused-ring (bicyclic) bond motifs is 1. The van der Waals surface area contributed by atoms with E-state index in [1.54, 1.807) is 25.6 Å². The Bertz CT molecular complexity index is 1010. The SMILES string of the molecule is CCOc1ccc(C(=O)N2CCc3cc(OC)c(OC)cc3[C@H]2c2cccs2)cc1. The zero-order chi connectivity index (χ0) is 21.1. The smallest absolute Gasteiger partial charge is 0.254 e. The van der Waals surface area contributed by atoms with E-state index in [9.17, 15) is 4.79 Å². The van der Waals surface area contributed by atoms with Crippen LogP contribution in [0.1, 0.15) is 39.3 Å². The highest BCUT2D eigenvalue weighted by Crippen LogP contribution is 2.42. The molecule has 0 saturated carbocycles. The van der Waals surface area contributed by atoms with Gasteiger partial charge in [-0.2, -0.15) is 0 Å². The molecule has 0 saturated heterocycles. The molecule has 156 valence electrons. The maximum absolute atomic E-state index is 13.5. The van der Waals surface area contributed by atoms with Gasteiger partial charge in [-0.15, -0.1) is 11.3 Å². The van der Waals surface area contributed by atoms with Crippen LogP contribution >= 0.6 is 11.3 Å². The highest BCUT2D eigenvalue weighted by molar-refractivity contribution is 7.10. The number of hydrogen-bond acceptors (Lipinski definition) is 5. The first kappa shape index (κ1) is 20.3. The predicted octanol–water partition coefficient (Wildman–Crippen LogP) is 4.95. The van der Waals surface area contributed by atoms with Gasteiger partial charge in [0.1, 0.15) is 5.75 Å². The second-order valence-corrected chi connectivity index (χ2v) is 8.01. The van der Waals surface area contributed by atoms with Gasteiger partial charge in [-0.05, 0) is 72.3 Å². The van der Waals surface area contributed by atoms with Gasteiger partial charge in [0.05, 0.1) is 26.9 Å². The molecule has 2 aromatic carbocycles. The van der Waals surface area contributed by atoms with Crippen LogP contribution in [0.3, 0.4) is 0 Å². The Labute approximate surface area is 180 Å². The van der Waals surface area contributed by atoms with Gasteiger partial charge >= 0.3 is 0 Å². The number of rotatable bonds is 6. The van der Waals surface area contributed by atoms with Gasteiger partial charge in [-0.25, -0.2) is 0 Å². The van der Waals surface area contributed by atoms with E-state index in [1.807, 2.05) is 59.7 Å². The lowest BCUT2D eigenvalue weighted by molar-refractivity contribution is 0.0697. The number of hydrogen-bond donors (Lipinski definition) is 0. The highest BCUT2D eigenvalue weighted by Gasteiger charge is 2.34. The Hall–Kier alpha value is -2.99. The fraction of sp³-hybridized carbons (Fsp3) is 0.292. The van der Waals surface area contributed by atoms with Crippen LogP contribution in [0.2, 0.25) is 0 Å². The molecule has 0 spiro atoms. The molecule has 0 fully saturated rings. The number of nitrogens with zero attached hydrogens (tertiary/aromatic N) is 1. The number of carbonyl (C=O) groups is 1. The molecule has 0 unspecified atom stereocenters. The summed E-state index contributed by atoms with van der Waals surface area (Å²) in [7, 11) is 3.28. The molecule has 0 N–H and O–H groups in total. The topological polar surface area (TPSA) is 48.0 Å².